The van der Waals surface area contributed by atoms with Gasteiger partial charge in [-0.25, -0.2) is 4.79 Å². The van der Waals surface area contributed by atoms with Crippen molar-refractivity contribution in [2.75, 3.05) is 11.9 Å². The van der Waals surface area contributed by atoms with Gasteiger partial charge < -0.3 is 10.1 Å². The molecule has 0 aliphatic rings. The minimum Gasteiger partial charge on any atom is -0.462 e. The predicted octanol–water partition coefficient (Wildman–Crippen LogP) is 2.78. The summed E-state index contributed by atoms with van der Waals surface area (Å²) < 4.78 is 6.67. The molecule has 118 valence electrons. The SMILES string of the molecule is CCOC(=O)c1c(NC(=O)c2cnn(C)c2)sc(C)c1CC. The summed E-state index contributed by atoms with van der Waals surface area (Å²) in [5.74, 6) is -0.687. The first-order chi connectivity index (χ1) is 10.5. The van der Waals surface area contributed by atoms with Gasteiger partial charge in [0.2, 0.25) is 0 Å². The molecule has 0 fully saturated rings. The Balaban J connectivity index is 2.34. The van der Waals surface area contributed by atoms with Crippen LogP contribution < -0.4 is 5.32 Å². The van der Waals surface area contributed by atoms with Gasteiger partial charge >= 0.3 is 5.97 Å². The summed E-state index contributed by atoms with van der Waals surface area (Å²) in [6.45, 7) is 5.97. The summed E-state index contributed by atoms with van der Waals surface area (Å²) in [5, 5.41) is 7.30. The van der Waals surface area contributed by atoms with Gasteiger partial charge in [-0.05, 0) is 25.8 Å². The van der Waals surface area contributed by atoms with Crippen molar-refractivity contribution in [2.24, 2.45) is 7.05 Å². The number of aryl methyl sites for hydroxylation is 2. The number of esters is 1. The number of carbonyl (C=O) groups excluding carboxylic acids is 2. The highest BCUT2D eigenvalue weighted by Crippen LogP contribution is 2.34. The third-order valence-corrected chi connectivity index (χ3v) is 4.30. The van der Waals surface area contributed by atoms with E-state index < -0.39 is 5.97 Å². The highest BCUT2D eigenvalue weighted by molar-refractivity contribution is 7.16. The van der Waals surface area contributed by atoms with Gasteiger partial charge in [-0.3, -0.25) is 9.48 Å². The van der Waals surface area contributed by atoms with Crippen molar-refractivity contribution in [3.8, 4) is 0 Å². The Morgan fingerprint density at radius 2 is 2.14 bits per heavy atom. The molecule has 2 heterocycles. The number of ether oxygens (including phenoxy) is 1. The summed E-state index contributed by atoms with van der Waals surface area (Å²) >= 11 is 1.39. The Bertz CT molecular complexity index is 703. The molecule has 7 heteroatoms. The summed E-state index contributed by atoms with van der Waals surface area (Å²) in [6, 6.07) is 0. The number of thiophene rings is 1. The number of anilines is 1. The second-order valence-electron chi connectivity index (χ2n) is 4.77. The van der Waals surface area contributed by atoms with E-state index in [0.717, 1.165) is 10.4 Å². The predicted molar refractivity (Wildman–Crippen MR) is 85.6 cm³/mol. The maximum Gasteiger partial charge on any atom is 0.341 e. The van der Waals surface area contributed by atoms with Gasteiger partial charge in [0.1, 0.15) is 5.00 Å². The van der Waals surface area contributed by atoms with E-state index in [2.05, 4.69) is 10.4 Å². The first-order valence-corrected chi connectivity index (χ1v) is 7.88. The number of aromatic nitrogens is 2. The van der Waals surface area contributed by atoms with Crippen molar-refractivity contribution in [1.82, 2.24) is 9.78 Å². The van der Waals surface area contributed by atoms with Crippen LogP contribution in [0.25, 0.3) is 0 Å². The largest absolute Gasteiger partial charge is 0.462 e. The van der Waals surface area contributed by atoms with Crippen LogP contribution in [-0.2, 0) is 18.2 Å². The van der Waals surface area contributed by atoms with Crippen LogP contribution in [0.15, 0.2) is 12.4 Å². The zero-order chi connectivity index (χ0) is 16.3. The fraction of sp³-hybridized carbons (Fsp3) is 0.400. The van der Waals surface area contributed by atoms with E-state index >= 15 is 0 Å². The lowest BCUT2D eigenvalue weighted by Crippen LogP contribution is -2.14. The van der Waals surface area contributed by atoms with E-state index in [9.17, 15) is 9.59 Å². The monoisotopic (exact) mass is 321 g/mol. The molecule has 0 atom stereocenters. The third kappa shape index (κ3) is 3.19. The number of rotatable bonds is 5. The first-order valence-electron chi connectivity index (χ1n) is 7.07. The van der Waals surface area contributed by atoms with Gasteiger partial charge in [0.25, 0.3) is 5.91 Å². The number of carbonyl (C=O) groups is 2. The number of hydrogen-bond acceptors (Lipinski definition) is 5. The topological polar surface area (TPSA) is 73.2 Å². The molecular weight excluding hydrogens is 302 g/mol. The molecule has 1 N–H and O–H groups in total. The molecule has 0 aliphatic carbocycles. The van der Waals surface area contributed by atoms with Crippen LogP contribution >= 0.6 is 11.3 Å². The number of nitrogens with zero attached hydrogens (tertiary/aromatic N) is 2. The van der Waals surface area contributed by atoms with Crippen LogP contribution in [-0.4, -0.2) is 28.3 Å². The number of amides is 1. The van der Waals surface area contributed by atoms with Gasteiger partial charge in [-0.15, -0.1) is 11.3 Å². The summed E-state index contributed by atoms with van der Waals surface area (Å²) in [5.41, 5.74) is 1.83. The van der Waals surface area contributed by atoms with Crippen molar-refractivity contribution in [2.45, 2.75) is 27.2 Å². The molecule has 22 heavy (non-hydrogen) atoms. The van der Waals surface area contributed by atoms with Crippen LogP contribution in [0.1, 0.15) is 45.0 Å². The van der Waals surface area contributed by atoms with Crippen molar-refractivity contribution < 1.29 is 14.3 Å². The van der Waals surface area contributed by atoms with E-state index in [0.29, 0.717) is 29.2 Å². The molecule has 0 spiro atoms. The fourth-order valence-corrected chi connectivity index (χ4v) is 3.35. The molecule has 6 nitrogen and oxygen atoms in total. The van der Waals surface area contributed by atoms with Crippen molar-refractivity contribution in [3.63, 3.8) is 0 Å². The minimum absolute atomic E-state index is 0.289. The molecular formula is C15H19N3O3S. The van der Waals surface area contributed by atoms with Crippen molar-refractivity contribution in [1.29, 1.82) is 0 Å². The second-order valence-corrected chi connectivity index (χ2v) is 6.00. The zero-order valence-corrected chi connectivity index (χ0v) is 13.9. The Morgan fingerprint density at radius 1 is 1.41 bits per heavy atom. The lowest BCUT2D eigenvalue weighted by atomic mass is 10.1. The minimum atomic E-state index is -0.398. The molecule has 2 rings (SSSR count). The Labute approximate surface area is 133 Å². The molecule has 0 radical (unpaired) electrons. The maximum atomic E-state index is 12.3. The number of nitrogens with one attached hydrogen (secondary N) is 1. The average Bonchev–Trinajstić information content (AvgIpc) is 3.02. The van der Waals surface area contributed by atoms with Gasteiger partial charge in [-0.2, -0.15) is 5.10 Å². The molecule has 1 amide bonds. The van der Waals surface area contributed by atoms with E-state index in [-0.39, 0.29) is 5.91 Å². The van der Waals surface area contributed by atoms with Crippen LogP contribution in [0.3, 0.4) is 0 Å². The molecule has 2 aromatic rings. The summed E-state index contributed by atoms with van der Waals surface area (Å²) in [4.78, 5) is 25.5. The average molecular weight is 321 g/mol. The zero-order valence-electron chi connectivity index (χ0n) is 13.1. The Hall–Kier alpha value is -2.15. The smallest absolute Gasteiger partial charge is 0.341 e. The normalized spacial score (nSPS) is 10.5. The lowest BCUT2D eigenvalue weighted by molar-refractivity contribution is 0.0527. The van der Waals surface area contributed by atoms with Crippen LogP contribution in [0.2, 0.25) is 0 Å². The molecule has 0 saturated heterocycles. The Kier molecular flexibility index (Phi) is 4.97. The van der Waals surface area contributed by atoms with Crippen molar-refractivity contribution in [3.05, 3.63) is 34.0 Å². The Morgan fingerprint density at radius 3 is 2.68 bits per heavy atom. The quantitative estimate of drug-likeness (QED) is 0.859. The third-order valence-electron chi connectivity index (χ3n) is 3.24. The van der Waals surface area contributed by atoms with Gasteiger partial charge in [0.15, 0.2) is 0 Å². The van der Waals surface area contributed by atoms with Gasteiger partial charge in [0, 0.05) is 18.1 Å². The standard InChI is InChI=1S/C15H19N3O3S/c1-5-11-9(3)22-14(12(11)15(20)21-6-2)17-13(19)10-7-16-18(4)8-10/h7-8H,5-6H2,1-4H3,(H,17,19). The van der Waals surface area contributed by atoms with Crippen LogP contribution in [0.5, 0.6) is 0 Å². The van der Waals surface area contributed by atoms with E-state index in [1.165, 1.54) is 17.5 Å². The van der Waals surface area contributed by atoms with Crippen LogP contribution in [0.4, 0.5) is 5.00 Å². The maximum absolute atomic E-state index is 12.3. The van der Waals surface area contributed by atoms with E-state index in [4.69, 9.17) is 4.74 Å². The molecule has 0 unspecified atom stereocenters. The molecule has 0 bridgehead atoms. The summed E-state index contributed by atoms with van der Waals surface area (Å²) in [7, 11) is 1.74. The van der Waals surface area contributed by atoms with Gasteiger partial charge in [0.05, 0.1) is 23.9 Å². The highest BCUT2D eigenvalue weighted by atomic mass is 32.1. The van der Waals surface area contributed by atoms with Crippen molar-refractivity contribution >= 4 is 28.2 Å². The first kappa shape index (κ1) is 16.2. The molecule has 2 aromatic heterocycles. The highest BCUT2D eigenvalue weighted by Gasteiger charge is 2.24. The molecule has 0 aromatic carbocycles. The molecule has 0 saturated carbocycles. The molecule has 0 aliphatic heterocycles. The summed E-state index contributed by atoms with van der Waals surface area (Å²) in [6.07, 6.45) is 3.82. The fourth-order valence-electron chi connectivity index (χ4n) is 2.23. The van der Waals surface area contributed by atoms with E-state index in [1.807, 2.05) is 13.8 Å². The van der Waals surface area contributed by atoms with Gasteiger partial charge in [-0.1, -0.05) is 6.92 Å². The lowest BCUT2D eigenvalue weighted by Gasteiger charge is -2.07. The second kappa shape index (κ2) is 6.74. The number of hydrogen-bond donors (Lipinski definition) is 1. The van der Waals surface area contributed by atoms with Crippen LogP contribution in [0, 0.1) is 6.92 Å². The van der Waals surface area contributed by atoms with E-state index in [1.54, 1.807) is 24.9 Å².